The van der Waals surface area contributed by atoms with Gasteiger partial charge in [-0.05, 0) is 47.5 Å². The lowest BCUT2D eigenvalue weighted by Crippen LogP contribution is -2.09. The number of phenols is 1. The molecular formula is C27H27NO6. The number of anilines is 1. The van der Waals surface area contributed by atoms with Gasteiger partial charge in [-0.15, -0.1) is 0 Å². The first kappa shape index (κ1) is 24.3. The van der Waals surface area contributed by atoms with Crippen molar-refractivity contribution in [2.24, 2.45) is 0 Å². The number of ether oxygens (including phenoxy) is 4. The van der Waals surface area contributed by atoms with E-state index in [0.717, 1.165) is 11.1 Å². The Bertz CT molecular complexity index is 1190. The Morgan fingerprint density at radius 3 is 2.15 bits per heavy atom. The SMILES string of the molecule is COc1cccc(/C=C/C(=O)Nc2c(O)cccc2/C=C/c2cc(OC)c(OC)c(OC)c2)c1. The molecule has 176 valence electrons. The predicted octanol–water partition coefficient (Wildman–Crippen LogP) is 5.25. The summed E-state index contributed by atoms with van der Waals surface area (Å²) in [5, 5.41) is 13.1. The van der Waals surface area contributed by atoms with Gasteiger partial charge in [0.05, 0.1) is 34.1 Å². The Labute approximate surface area is 198 Å². The number of amides is 1. The average Bonchev–Trinajstić information content (AvgIpc) is 2.87. The van der Waals surface area contributed by atoms with Gasteiger partial charge >= 0.3 is 0 Å². The number of hydrogen-bond donors (Lipinski definition) is 2. The number of carbonyl (C=O) groups excluding carboxylic acids is 1. The normalized spacial score (nSPS) is 10.9. The van der Waals surface area contributed by atoms with E-state index in [9.17, 15) is 9.90 Å². The average molecular weight is 462 g/mol. The first-order valence-corrected chi connectivity index (χ1v) is 10.4. The molecule has 2 N–H and O–H groups in total. The molecule has 0 aliphatic rings. The quantitative estimate of drug-likeness (QED) is 0.257. The second-order valence-electron chi connectivity index (χ2n) is 7.13. The number of aromatic hydroxyl groups is 1. The fourth-order valence-corrected chi connectivity index (χ4v) is 3.30. The molecule has 0 aromatic heterocycles. The van der Waals surface area contributed by atoms with Gasteiger partial charge < -0.3 is 29.4 Å². The molecule has 7 nitrogen and oxygen atoms in total. The van der Waals surface area contributed by atoms with Crippen LogP contribution in [0.5, 0.6) is 28.7 Å². The minimum absolute atomic E-state index is 0.0461. The van der Waals surface area contributed by atoms with E-state index in [0.29, 0.717) is 34.2 Å². The topological polar surface area (TPSA) is 86.3 Å². The van der Waals surface area contributed by atoms with E-state index in [-0.39, 0.29) is 11.7 Å². The molecule has 0 saturated heterocycles. The fraction of sp³-hybridized carbons (Fsp3) is 0.148. The molecule has 0 unspecified atom stereocenters. The summed E-state index contributed by atoms with van der Waals surface area (Å²) in [5.74, 6) is 1.81. The first-order valence-electron chi connectivity index (χ1n) is 10.4. The molecule has 7 heteroatoms. The van der Waals surface area contributed by atoms with Crippen molar-refractivity contribution >= 4 is 29.8 Å². The van der Waals surface area contributed by atoms with E-state index in [1.807, 2.05) is 30.3 Å². The maximum Gasteiger partial charge on any atom is 0.248 e. The third kappa shape index (κ3) is 5.89. The Hall–Kier alpha value is -4.39. The minimum Gasteiger partial charge on any atom is -0.506 e. The highest BCUT2D eigenvalue weighted by Gasteiger charge is 2.13. The zero-order chi connectivity index (χ0) is 24.5. The van der Waals surface area contributed by atoms with Crippen LogP contribution in [0.1, 0.15) is 16.7 Å². The molecular weight excluding hydrogens is 434 g/mol. The number of methoxy groups -OCH3 is 4. The van der Waals surface area contributed by atoms with Gasteiger partial charge in [-0.1, -0.05) is 36.4 Å². The van der Waals surface area contributed by atoms with Crippen LogP contribution in [-0.4, -0.2) is 39.5 Å². The molecule has 3 rings (SSSR count). The molecule has 0 radical (unpaired) electrons. The summed E-state index contributed by atoms with van der Waals surface area (Å²) in [4.78, 5) is 12.5. The Morgan fingerprint density at radius 2 is 1.50 bits per heavy atom. The van der Waals surface area contributed by atoms with Gasteiger partial charge in [-0.25, -0.2) is 0 Å². The zero-order valence-corrected chi connectivity index (χ0v) is 19.5. The Morgan fingerprint density at radius 1 is 0.794 bits per heavy atom. The van der Waals surface area contributed by atoms with Crippen LogP contribution < -0.4 is 24.3 Å². The fourth-order valence-electron chi connectivity index (χ4n) is 3.30. The van der Waals surface area contributed by atoms with Gasteiger partial charge in [0, 0.05) is 11.6 Å². The Balaban J connectivity index is 1.84. The smallest absolute Gasteiger partial charge is 0.248 e. The molecule has 1 amide bonds. The molecule has 0 aliphatic carbocycles. The maximum absolute atomic E-state index is 12.5. The van der Waals surface area contributed by atoms with Crippen molar-refractivity contribution in [2.75, 3.05) is 33.8 Å². The van der Waals surface area contributed by atoms with Crippen LogP contribution in [0.15, 0.2) is 60.7 Å². The number of benzene rings is 3. The van der Waals surface area contributed by atoms with Crippen LogP contribution in [-0.2, 0) is 4.79 Å². The molecule has 0 bridgehead atoms. The molecule has 0 spiro atoms. The third-order valence-electron chi connectivity index (χ3n) is 4.99. The van der Waals surface area contributed by atoms with Crippen molar-refractivity contribution in [3.63, 3.8) is 0 Å². The predicted molar refractivity (Wildman–Crippen MR) is 134 cm³/mol. The number of para-hydroxylation sites is 1. The largest absolute Gasteiger partial charge is 0.506 e. The lowest BCUT2D eigenvalue weighted by Gasteiger charge is -2.13. The van der Waals surface area contributed by atoms with E-state index in [1.165, 1.54) is 12.1 Å². The van der Waals surface area contributed by atoms with Crippen molar-refractivity contribution in [3.05, 3.63) is 77.4 Å². The second-order valence-corrected chi connectivity index (χ2v) is 7.13. The number of phenolic OH excluding ortho intramolecular Hbond substituents is 1. The molecule has 0 aliphatic heterocycles. The van der Waals surface area contributed by atoms with Gasteiger partial charge in [-0.2, -0.15) is 0 Å². The van der Waals surface area contributed by atoms with Gasteiger partial charge in [-0.3, -0.25) is 4.79 Å². The summed E-state index contributed by atoms with van der Waals surface area (Å²) in [6, 6.07) is 15.9. The Kier molecular flexibility index (Phi) is 8.18. The van der Waals surface area contributed by atoms with Crippen LogP contribution in [0, 0.1) is 0 Å². The minimum atomic E-state index is -0.383. The highest BCUT2D eigenvalue weighted by Crippen LogP contribution is 2.39. The summed E-state index contributed by atoms with van der Waals surface area (Å²) in [5.41, 5.74) is 2.52. The van der Waals surface area contributed by atoms with Crippen molar-refractivity contribution in [3.8, 4) is 28.7 Å². The van der Waals surface area contributed by atoms with Crippen LogP contribution in [0.3, 0.4) is 0 Å². The number of carbonyl (C=O) groups is 1. The summed E-state index contributed by atoms with van der Waals surface area (Å²) >= 11 is 0. The maximum atomic E-state index is 12.5. The number of hydrogen-bond acceptors (Lipinski definition) is 6. The molecule has 0 atom stereocenters. The second kappa shape index (κ2) is 11.5. The third-order valence-corrected chi connectivity index (χ3v) is 4.99. The lowest BCUT2D eigenvalue weighted by molar-refractivity contribution is -0.111. The van der Waals surface area contributed by atoms with Crippen LogP contribution in [0.4, 0.5) is 5.69 Å². The van der Waals surface area contributed by atoms with Crippen LogP contribution in [0.25, 0.3) is 18.2 Å². The van der Waals surface area contributed by atoms with Crippen LogP contribution >= 0.6 is 0 Å². The van der Waals surface area contributed by atoms with Gasteiger partial charge in [0.2, 0.25) is 11.7 Å². The molecule has 3 aromatic carbocycles. The molecule has 0 heterocycles. The van der Waals surface area contributed by atoms with E-state index >= 15 is 0 Å². The summed E-state index contributed by atoms with van der Waals surface area (Å²) in [7, 11) is 6.22. The zero-order valence-electron chi connectivity index (χ0n) is 19.5. The standard InChI is InChI=1S/C27H27NO6/c1-31-21-9-5-7-18(15-21)12-14-25(30)28-26-20(8-6-10-22(26)29)13-11-19-16-23(32-2)27(34-4)24(17-19)33-3/h5-17,29H,1-4H3,(H,28,30)/b13-11+,14-12+. The monoisotopic (exact) mass is 461 g/mol. The van der Waals surface area contributed by atoms with Crippen molar-refractivity contribution in [1.82, 2.24) is 0 Å². The molecule has 34 heavy (non-hydrogen) atoms. The van der Waals surface area contributed by atoms with E-state index < -0.39 is 0 Å². The highest BCUT2D eigenvalue weighted by atomic mass is 16.5. The van der Waals surface area contributed by atoms with Gasteiger partial charge in [0.1, 0.15) is 11.5 Å². The van der Waals surface area contributed by atoms with Crippen molar-refractivity contribution in [1.29, 1.82) is 0 Å². The van der Waals surface area contributed by atoms with Gasteiger partial charge in [0.15, 0.2) is 11.5 Å². The molecule has 0 saturated carbocycles. The lowest BCUT2D eigenvalue weighted by atomic mass is 10.1. The van der Waals surface area contributed by atoms with E-state index in [2.05, 4.69) is 5.32 Å². The highest BCUT2D eigenvalue weighted by molar-refractivity contribution is 6.04. The summed E-state index contributed by atoms with van der Waals surface area (Å²) in [6.07, 6.45) is 6.67. The van der Waals surface area contributed by atoms with E-state index in [4.69, 9.17) is 18.9 Å². The summed E-state index contributed by atoms with van der Waals surface area (Å²) < 4.78 is 21.3. The van der Waals surface area contributed by atoms with E-state index in [1.54, 1.807) is 64.9 Å². The molecule has 0 fully saturated rings. The summed E-state index contributed by atoms with van der Waals surface area (Å²) in [6.45, 7) is 0. The van der Waals surface area contributed by atoms with Crippen molar-refractivity contribution in [2.45, 2.75) is 0 Å². The number of rotatable bonds is 9. The number of nitrogens with one attached hydrogen (secondary N) is 1. The molecule has 3 aromatic rings. The van der Waals surface area contributed by atoms with Crippen LogP contribution in [0.2, 0.25) is 0 Å². The van der Waals surface area contributed by atoms with Gasteiger partial charge in [0.25, 0.3) is 0 Å². The first-order chi connectivity index (χ1) is 16.5. The van der Waals surface area contributed by atoms with Crippen molar-refractivity contribution < 1.29 is 28.8 Å².